The lowest BCUT2D eigenvalue weighted by atomic mass is 9.99. The lowest BCUT2D eigenvalue weighted by molar-refractivity contribution is -0.384. The number of amides is 1. The van der Waals surface area contributed by atoms with E-state index in [0.29, 0.717) is 12.2 Å². The quantitative estimate of drug-likeness (QED) is 0.563. The number of primary amides is 1. The summed E-state index contributed by atoms with van der Waals surface area (Å²) in [6.07, 6.45) is 2.52. The number of hydrogen-bond donors (Lipinski definition) is 2. The van der Waals surface area contributed by atoms with E-state index in [2.05, 4.69) is 29.3 Å². The van der Waals surface area contributed by atoms with Gasteiger partial charge >= 0.3 is 0 Å². The summed E-state index contributed by atoms with van der Waals surface area (Å²) in [5, 5.41) is 14.3. The summed E-state index contributed by atoms with van der Waals surface area (Å²) in [5.41, 5.74) is 7.83. The molecule has 2 aromatic carbocycles. The fourth-order valence-electron chi connectivity index (χ4n) is 3.42. The zero-order valence-electron chi connectivity index (χ0n) is 16.1. The molecule has 1 saturated heterocycles. The summed E-state index contributed by atoms with van der Waals surface area (Å²) < 4.78 is 0. The number of carbonyl (C=O) groups is 1. The van der Waals surface area contributed by atoms with Crippen LogP contribution in [-0.2, 0) is 13.1 Å². The molecule has 0 bridgehead atoms. The van der Waals surface area contributed by atoms with Crippen LogP contribution in [0.2, 0.25) is 0 Å². The number of benzene rings is 2. The molecule has 0 spiro atoms. The number of nitro groups is 1. The van der Waals surface area contributed by atoms with E-state index in [4.69, 9.17) is 5.73 Å². The van der Waals surface area contributed by atoms with Gasteiger partial charge in [-0.1, -0.05) is 31.2 Å². The van der Waals surface area contributed by atoms with Gasteiger partial charge in [-0.25, -0.2) is 0 Å². The second-order valence-electron chi connectivity index (χ2n) is 7.48. The van der Waals surface area contributed by atoms with Gasteiger partial charge in [0.15, 0.2) is 0 Å². The standard InChI is InChI=1S/C21H26N4O3/c1-15-8-10-24(11-9-15)14-17-4-2-16(3-5-17)13-23-19-7-6-18(21(22)26)12-20(19)25(27)28/h2-7,12,15,23H,8-11,13-14H2,1H3,(H2,22,26). The minimum atomic E-state index is -0.687. The fraction of sp³-hybridized carbons (Fsp3) is 0.381. The Morgan fingerprint density at radius 3 is 2.43 bits per heavy atom. The first kappa shape index (κ1) is 19.8. The van der Waals surface area contributed by atoms with Crippen LogP contribution in [0.5, 0.6) is 0 Å². The molecule has 0 aromatic heterocycles. The molecule has 1 aliphatic rings. The van der Waals surface area contributed by atoms with E-state index >= 15 is 0 Å². The summed E-state index contributed by atoms with van der Waals surface area (Å²) >= 11 is 0. The number of hydrogen-bond acceptors (Lipinski definition) is 5. The molecular formula is C21H26N4O3. The van der Waals surface area contributed by atoms with Crippen molar-refractivity contribution in [1.29, 1.82) is 0 Å². The van der Waals surface area contributed by atoms with Gasteiger partial charge in [-0.05, 0) is 55.1 Å². The van der Waals surface area contributed by atoms with E-state index in [1.165, 1.54) is 36.6 Å². The molecule has 2 aromatic rings. The predicted molar refractivity (Wildman–Crippen MR) is 109 cm³/mol. The molecule has 1 aliphatic heterocycles. The highest BCUT2D eigenvalue weighted by Crippen LogP contribution is 2.26. The predicted octanol–water partition coefficient (Wildman–Crippen LogP) is 3.54. The van der Waals surface area contributed by atoms with Gasteiger partial charge in [0.1, 0.15) is 5.69 Å². The van der Waals surface area contributed by atoms with Gasteiger partial charge in [0.05, 0.1) is 4.92 Å². The molecular weight excluding hydrogens is 356 g/mol. The van der Waals surface area contributed by atoms with E-state index < -0.39 is 10.8 Å². The fourth-order valence-corrected chi connectivity index (χ4v) is 3.42. The smallest absolute Gasteiger partial charge is 0.293 e. The minimum absolute atomic E-state index is 0.119. The zero-order chi connectivity index (χ0) is 20.1. The number of piperidine rings is 1. The Bertz CT molecular complexity index is 843. The van der Waals surface area contributed by atoms with Crippen molar-refractivity contribution in [1.82, 2.24) is 4.90 Å². The Hall–Kier alpha value is -2.93. The summed E-state index contributed by atoms with van der Waals surface area (Å²) in [6.45, 7) is 6.02. The van der Waals surface area contributed by atoms with Crippen molar-refractivity contribution in [2.45, 2.75) is 32.9 Å². The molecule has 0 unspecified atom stereocenters. The summed E-state index contributed by atoms with van der Waals surface area (Å²) in [6, 6.07) is 12.5. The average molecular weight is 382 g/mol. The third kappa shape index (κ3) is 5.07. The molecule has 148 valence electrons. The molecule has 0 aliphatic carbocycles. The van der Waals surface area contributed by atoms with E-state index in [1.807, 2.05) is 12.1 Å². The molecule has 7 heteroatoms. The van der Waals surface area contributed by atoms with Gasteiger partial charge in [0.2, 0.25) is 5.91 Å². The van der Waals surface area contributed by atoms with Crippen LogP contribution < -0.4 is 11.1 Å². The molecule has 3 rings (SSSR count). The van der Waals surface area contributed by atoms with Crippen molar-refractivity contribution in [3.05, 3.63) is 69.3 Å². The number of nitrogens with one attached hydrogen (secondary N) is 1. The first-order valence-electron chi connectivity index (χ1n) is 9.54. The highest BCUT2D eigenvalue weighted by molar-refractivity contribution is 5.94. The van der Waals surface area contributed by atoms with Crippen LogP contribution in [0, 0.1) is 16.0 Å². The van der Waals surface area contributed by atoms with Crippen LogP contribution in [0.1, 0.15) is 41.3 Å². The Morgan fingerprint density at radius 1 is 1.18 bits per heavy atom. The lowest BCUT2D eigenvalue weighted by Crippen LogP contribution is -2.32. The van der Waals surface area contributed by atoms with Crippen molar-refractivity contribution in [2.24, 2.45) is 11.7 Å². The zero-order valence-corrected chi connectivity index (χ0v) is 16.1. The number of likely N-dealkylation sites (tertiary alicyclic amines) is 1. The van der Waals surface area contributed by atoms with Crippen LogP contribution in [-0.4, -0.2) is 28.8 Å². The molecule has 0 atom stereocenters. The molecule has 1 amide bonds. The highest BCUT2D eigenvalue weighted by Gasteiger charge is 2.17. The largest absolute Gasteiger partial charge is 0.375 e. The van der Waals surface area contributed by atoms with Gasteiger partial charge in [0, 0.05) is 24.7 Å². The number of nitro benzene ring substituents is 1. The number of carbonyl (C=O) groups excluding carboxylic acids is 1. The van der Waals surface area contributed by atoms with Crippen LogP contribution in [0.4, 0.5) is 11.4 Å². The van der Waals surface area contributed by atoms with Gasteiger partial charge in [-0.3, -0.25) is 19.8 Å². The van der Waals surface area contributed by atoms with Gasteiger partial charge in [-0.15, -0.1) is 0 Å². The monoisotopic (exact) mass is 382 g/mol. The lowest BCUT2D eigenvalue weighted by Gasteiger charge is -2.30. The molecule has 3 N–H and O–H groups in total. The van der Waals surface area contributed by atoms with Gasteiger partial charge < -0.3 is 11.1 Å². The van der Waals surface area contributed by atoms with Crippen LogP contribution >= 0.6 is 0 Å². The third-order valence-electron chi connectivity index (χ3n) is 5.27. The Labute approximate surface area is 164 Å². The Kier molecular flexibility index (Phi) is 6.26. The van der Waals surface area contributed by atoms with E-state index in [0.717, 1.165) is 31.1 Å². The first-order valence-corrected chi connectivity index (χ1v) is 9.54. The van der Waals surface area contributed by atoms with Crippen molar-refractivity contribution >= 4 is 17.3 Å². The number of nitrogens with zero attached hydrogens (tertiary/aromatic N) is 2. The van der Waals surface area contributed by atoms with Gasteiger partial charge in [-0.2, -0.15) is 0 Å². The average Bonchev–Trinajstić information content (AvgIpc) is 2.69. The van der Waals surface area contributed by atoms with E-state index in [9.17, 15) is 14.9 Å². The summed E-state index contributed by atoms with van der Waals surface area (Å²) in [5.74, 6) is 0.138. The number of nitrogens with two attached hydrogens (primary N) is 1. The molecule has 28 heavy (non-hydrogen) atoms. The molecule has 7 nitrogen and oxygen atoms in total. The van der Waals surface area contributed by atoms with E-state index in [-0.39, 0.29) is 11.3 Å². The maximum Gasteiger partial charge on any atom is 0.293 e. The summed E-state index contributed by atoms with van der Waals surface area (Å²) in [4.78, 5) is 24.5. The van der Waals surface area contributed by atoms with Crippen LogP contribution in [0.25, 0.3) is 0 Å². The second-order valence-corrected chi connectivity index (χ2v) is 7.48. The highest BCUT2D eigenvalue weighted by atomic mass is 16.6. The summed E-state index contributed by atoms with van der Waals surface area (Å²) in [7, 11) is 0. The normalized spacial score (nSPS) is 15.3. The van der Waals surface area contributed by atoms with Crippen molar-refractivity contribution < 1.29 is 9.72 Å². The number of anilines is 1. The van der Waals surface area contributed by atoms with E-state index in [1.54, 1.807) is 0 Å². The Balaban J connectivity index is 1.60. The first-order chi connectivity index (χ1) is 13.4. The third-order valence-corrected chi connectivity index (χ3v) is 5.27. The SMILES string of the molecule is CC1CCN(Cc2ccc(CNc3ccc(C(N)=O)cc3[N+](=O)[O-])cc2)CC1. The molecule has 0 saturated carbocycles. The second kappa shape index (κ2) is 8.84. The molecule has 1 fully saturated rings. The van der Waals surface area contributed by atoms with Crippen molar-refractivity contribution in [3.63, 3.8) is 0 Å². The van der Waals surface area contributed by atoms with Crippen molar-refractivity contribution in [2.75, 3.05) is 18.4 Å². The van der Waals surface area contributed by atoms with Gasteiger partial charge in [0.25, 0.3) is 5.69 Å². The van der Waals surface area contributed by atoms with Crippen molar-refractivity contribution in [3.8, 4) is 0 Å². The minimum Gasteiger partial charge on any atom is -0.375 e. The maximum absolute atomic E-state index is 11.3. The topological polar surface area (TPSA) is 102 Å². The van der Waals surface area contributed by atoms with Crippen LogP contribution in [0.3, 0.4) is 0 Å². The maximum atomic E-state index is 11.3. The number of rotatable bonds is 7. The van der Waals surface area contributed by atoms with Crippen LogP contribution in [0.15, 0.2) is 42.5 Å². The molecule has 0 radical (unpaired) electrons. The molecule has 1 heterocycles. The Morgan fingerprint density at radius 2 is 1.82 bits per heavy atom.